The highest BCUT2D eigenvalue weighted by atomic mass is 35.5. The summed E-state index contributed by atoms with van der Waals surface area (Å²) in [7, 11) is 0. The maximum atomic E-state index is 12.9. The minimum atomic E-state index is -0.874. The summed E-state index contributed by atoms with van der Waals surface area (Å²) in [4.78, 5) is 14.2. The zero-order valence-corrected chi connectivity index (χ0v) is 17.0. The number of nitrogen functional groups attached to an aromatic ring is 1. The summed E-state index contributed by atoms with van der Waals surface area (Å²) in [5.74, 6) is -1.51. The molecule has 1 unspecified atom stereocenters. The maximum absolute atomic E-state index is 12.9. The van der Waals surface area contributed by atoms with Gasteiger partial charge in [0.1, 0.15) is 5.82 Å². The smallest absolute Gasteiger partial charge is 0.336 e. The SMILES string of the molecule is CCOC(=O)C1=C(C)N(c2nonc2N)C(N)=C(C#N)C1c1ccc(Cl)cc1Cl. The minimum Gasteiger partial charge on any atom is -0.463 e. The van der Waals surface area contributed by atoms with Gasteiger partial charge in [-0.25, -0.2) is 9.42 Å². The summed E-state index contributed by atoms with van der Waals surface area (Å²) >= 11 is 12.4. The van der Waals surface area contributed by atoms with E-state index in [2.05, 4.69) is 21.0 Å². The number of carbonyl (C=O) groups excluding carboxylic acids is 1. The molecule has 0 saturated carbocycles. The van der Waals surface area contributed by atoms with E-state index in [0.29, 0.717) is 16.3 Å². The predicted molar refractivity (Wildman–Crippen MR) is 107 cm³/mol. The quantitative estimate of drug-likeness (QED) is 0.692. The summed E-state index contributed by atoms with van der Waals surface area (Å²) in [6.45, 7) is 3.43. The largest absolute Gasteiger partial charge is 0.463 e. The summed E-state index contributed by atoms with van der Waals surface area (Å²) in [6.07, 6.45) is 0. The number of hydrogen-bond acceptors (Lipinski definition) is 9. The number of benzene rings is 1. The van der Waals surface area contributed by atoms with Gasteiger partial charge in [-0.15, -0.1) is 0 Å². The fraction of sp³-hybridized carbons (Fsp3) is 0.222. The Hall–Kier alpha value is -3.22. The first-order chi connectivity index (χ1) is 13.8. The molecule has 1 aromatic heterocycles. The number of hydrogen-bond donors (Lipinski definition) is 2. The van der Waals surface area contributed by atoms with E-state index in [4.69, 9.17) is 39.4 Å². The van der Waals surface area contributed by atoms with Crippen LogP contribution in [0.5, 0.6) is 0 Å². The van der Waals surface area contributed by atoms with Crippen molar-refractivity contribution in [1.29, 1.82) is 5.26 Å². The second-order valence-electron chi connectivity index (χ2n) is 6.04. The Morgan fingerprint density at radius 3 is 2.66 bits per heavy atom. The molecular formula is C18H16Cl2N6O3. The number of nitrogens with two attached hydrogens (primary N) is 2. The van der Waals surface area contributed by atoms with Crippen molar-refractivity contribution in [3.05, 3.63) is 56.5 Å². The third-order valence-electron chi connectivity index (χ3n) is 4.42. The van der Waals surface area contributed by atoms with Crippen LogP contribution in [0, 0.1) is 11.3 Å². The number of halogens is 2. The Labute approximate surface area is 176 Å². The highest BCUT2D eigenvalue weighted by Gasteiger charge is 2.40. The first-order valence-electron chi connectivity index (χ1n) is 8.42. The van der Waals surface area contributed by atoms with E-state index in [0.717, 1.165) is 0 Å². The molecule has 0 saturated heterocycles. The highest BCUT2D eigenvalue weighted by molar-refractivity contribution is 6.35. The average molecular weight is 435 g/mol. The molecule has 2 heterocycles. The van der Waals surface area contributed by atoms with Crippen LogP contribution >= 0.6 is 23.2 Å². The Balaban J connectivity index is 2.31. The predicted octanol–water partition coefficient (Wildman–Crippen LogP) is 3.09. The van der Waals surface area contributed by atoms with Crippen LogP contribution in [0.3, 0.4) is 0 Å². The van der Waals surface area contributed by atoms with Crippen molar-refractivity contribution in [3.63, 3.8) is 0 Å². The van der Waals surface area contributed by atoms with E-state index in [1.54, 1.807) is 26.0 Å². The van der Waals surface area contributed by atoms with Crippen molar-refractivity contribution in [2.45, 2.75) is 19.8 Å². The van der Waals surface area contributed by atoms with Crippen molar-refractivity contribution in [2.24, 2.45) is 5.73 Å². The van der Waals surface area contributed by atoms with Gasteiger partial charge in [-0.2, -0.15) is 5.26 Å². The molecule has 0 fully saturated rings. The highest BCUT2D eigenvalue weighted by Crippen LogP contribution is 2.45. The Bertz CT molecular complexity index is 1090. The molecule has 4 N–H and O–H groups in total. The molecule has 0 radical (unpaired) electrons. The van der Waals surface area contributed by atoms with Crippen LogP contribution in [0.15, 0.2) is 45.5 Å². The molecule has 11 heteroatoms. The van der Waals surface area contributed by atoms with Gasteiger partial charge in [-0.1, -0.05) is 29.3 Å². The molecule has 0 amide bonds. The minimum absolute atomic E-state index is 0.0106. The van der Waals surface area contributed by atoms with Crippen LogP contribution in [-0.4, -0.2) is 22.9 Å². The lowest BCUT2D eigenvalue weighted by Crippen LogP contribution is -2.37. The number of ether oxygens (including phenoxy) is 1. The second kappa shape index (κ2) is 8.03. The lowest BCUT2D eigenvalue weighted by Gasteiger charge is -2.34. The van der Waals surface area contributed by atoms with Crippen LogP contribution in [0.1, 0.15) is 25.3 Å². The molecule has 0 aliphatic carbocycles. The molecule has 0 bridgehead atoms. The monoisotopic (exact) mass is 434 g/mol. The van der Waals surface area contributed by atoms with Gasteiger partial charge in [0, 0.05) is 15.7 Å². The lowest BCUT2D eigenvalue weighted by molar-refractivity contribution is -0.138. The van der Waals surface area contributed by atoms with Crippen LogP contribution in [0.25, 0.3) is 0 Å². The van der Waals surface area contributed by atoms with Crippen molar-refractivity contribution in [2.75, 3.05) is 17.2 Å². The number of nitrogens with zero attached hydrogens (tertiary/aromatic N) is 4. The van der Waals surface area contributed by atoms with Crippen molar-refractivity contribution >= 4 is 40.8 Å². The summed E-state index contributed by atoms with van der Waals surface area (Å²) in [6, 6.07) is 6.83. The van der Waals surface area contributed by atoms with Crippen molar-refractivity contribution in [1.82, 2.24) is 10.3 Å². The van der Waals surface area contributed by atoms with Crippen LogP contribution in [0.4, 0.5) is 11.6 Å². The normalized spacial score (nSPS) is 16.8. The van der Waals surface area contributed by atoms with Gasteiger partial charge < -0.3 is 16.2 Å². The molecule has 1 aromatic carbocycles. The molecule has 0 spiro atoms. The number of rotatable bonds is 4. The fourth-order valence-electron chi connectivity index (χ4n) is 3.18. The van der Waals surface area contributed by atoms with E-state index >= 15 is 0 Å². The van der Waals surface area contributed by atoms with Crippen molar-refractivity contribution < 1.29 is 14.2 Å². The van der Waals surface area contributed by atoms with E-state index in [1.807, 2.05) is 0 Å². The molecule has 1 aliphatic rings. The Morgan fingerprint density at radius 1 is 1.38 bits per heavy atom. The first kappa shape index (κ1) is 20.5. The number of esters is 1. The number of anilines is 2. The first-order valence-corrected chi connectivity index (χ1v) is 9.18. The van der Waals surface area contributed by atoms with Gasteiger partial charge >= 0.3 is 5.97 Å². The van der Waals surface area contributed by atoms with Crippen LogP contribution in [-0.2, 0) is 9.53 Å². The number of nitriles is 1. The third kappa shape index (κ3) is 3.48. The molecule has 29 heavy (non-hydrogen) atoms. The molecule has 1 aliphatic heterocycles. The summed E-state index contributed by atoms with van der Waals surface area (Å²) in [5.41, 5.74) is 13.1. The van der Waals surface area contributed by atoms with E-state index in [-0.39, 0.29) is 40.2 Å². The van der Waals surface area contributed by atoms with E-state index < -0.39 is 11.9 Å². The zero-order valence-electron chi connectivity index (χ0n) is 15.4. The van der Waals surface area contributed by atoms with Crippen molar-refractivity contribution in [3.8, 4) is 6.07 Å². The second-order valence-corrected chi connectivity index (χ2v) is 6.88. The number of allylic oxidation sites excluding steroid dienone is 2. The molecule has 2 aromatic rings. The summed E-state index contributed by atoms with van der Waals surface area (Å²) < 4.78 is 9.88. The fourth-order valence-corrected chi connectivity index (χ4v) is 3.70. The zero-order chi connectivity index (χ0) is 21.3. The van der Waals surface area contributed by atoms with Gasteiger partial charge in [-0.3, -0.25) is 4.90 Å². The van der Waals surface area contributed by atoms with Crippen LogP contribution < -0.4 is 16.4 Å². The standard InChI is InChI=1S/C18H16Cl2N6O3/c1-3-28-18(27)13-8(2)26(17-15(22)24-29-25-17)16(23)11(7-21)14(13)10-5-4-9(19)6-12(10)20/h4-6,14H,3,23H2,1-2H3,(H2,22,24). The molecule has 9 nitrogen and oxygen atoms in total. The van der Waals surface area contributed by atoms with Crippen LogP contribution in [0.2, 0.25) is 10.0 Å². The van der Waals surface area contributed by atoms with E-state index in [9.17, 15) is 10.1 Å². The Kier molecular flexibility index (Phi) is 5.68. The molecule has 3 rings (SSSR count). The van der Waals surface area contributed by atoms with Gasteiger partial charge in [0.15, 0.2) is 0 Å². The maximum Gasteiger partial charge on any atom is 0.336 e. The number of aromatic nitrogens is 2. The number of carbonyl (C=O) groups is 1. The molecule has 1 atom stereocenters. The lowest BCUT2D eigenvalue weighted by atomic mass is 9.81. The van der Waals surface area contributed by atoms with E-state index in [1.165, 1.54) is 11.0 Å². The Morgan fingerprint density at radius 2 is 2.10 bits per heavy atom. The molecule has 150 valence electrons. The molecular weight excluding hydrogens is 419 g/mol. The van der Waals surface area contributed by atoms with Gasteiger partial charge in [0.2, 0.25) is 11.6 Å². The van der Waals surface area contributed by atoms with Gasteiger partial charge in [0.25, 0.3) is 0 Å². The topological polar surface area (TPSA) is 144 Å². The third-order valence-corrected chi connectivity index (χ3v) is 4.98. The van der Waals surface area contributed by atoms with Gasteiger partial charge in [-0.05, 0) is 41.9 Å². The average Bonchev–Trinajstić information content (AvgIpc) is 3.07. The van der Waals surface area contributed by atoms with Gasteiger partial charge in [0.05, 0.1) is 29.7 Å². The summed E-state index contributed by atoms with van der Waals surface area (Å²) in [5, 5.41) is 17.8.